The summed E-state index contributed by atoms with van der Waals surface area (Å²) in [4.78, 5) is 37.7. The second-order valence-corrected chi connectivity index (χ2v) is 9.00. The number of aromatic amines is 1. The van der Waals surface area contributed by atoms with Crippen molar-refractivity contribution in [2.45, 2.75) is 44.7 Å². The van der Waals surface area contributed by atoms with Gasteiger partial charge in [-0.25, -0.2) is 4.98 Å². The number of allylic oxidation sites excluding steroid dienone is 2. The van der Waals surface area contributed by atoms with E-state index in [-0.39, 0.29) is 16.8 Å². The Morgan fingerprint density at radius 2 is 2.11 bits per heavy atom. The fourth-order valence-electron chi connectivity index (χ4n) is 3.98. The first-order valence-corrected chi connectivity index (χ1v) is 10.1. The lowest BCUT2D eigenvalue weighted by atomic mass is 9.69. The van der Waals surface area contributed by atoms with Crippen LogP contribution in [0.5, 0.6) is 0 Å². The maximum absolute atomic E-state index is 13.1. The number of pyridine rings is 1. The maximum Gasteiger partial charge on any atom is 0.257 e. The van der Waals surface area contributed by atoms with E-state index in [2.05, 4.69) is 34.1 Å². The van der Waals surface area contributed by atoms with Gasteiger partial charge in [0, 0.05) is 36.0 Å². The Morgan fingerprint density at radius 1 is 1.30 bits per heavy atom. The number of anilines is 1. The van der Waals surface area contributed by atoms with Gasteiger partial charge >= 0.3 is 0 Å². The van der Waals surface area contributed by atoms with Crippen molar-refractivity contribution >= 4 is 23.4 Å². The number of carbonyl (C=O) groups excluding carboxylic acids is 1. The number of fused-ring (bicyclic) bond motifs is 1. The summed E-state index contributed by atoms with van der Waals surface area (Å²) in [6.07, 6.45) is 4.63. The van der Waals surface area contributed by atoms with Gasteiger partial charge in [0.15, 0.2) is 10.9 Å². The lowest BCUT2D eigenvalue weighted by Gasteiger charge is -2.38. The lowest BCUT2D eigenvalue weighted by molar-refractivity contribution is -0.118. The van der Waals surface area contributed by atoms with E-state index in [9.17, 15) is 9.59 Å². The highest BCUT2D eigenvalue weighted by atomic mass is 32.2. The Morgan fingerprint density at radius 3 is 2.81 bits per heavy atom. The molecule has 0 fully saturated rings. The number of H-pyrrole nitrogens is 1. The van der Waals surface area contributed by atoms with Gasteiger partial charge in [0.05, 0.1) is 5.56 Å². The number of nitrogens with zero attached hydrogens (tertiary/aromatic N) is 2. The number of nitrogens with one attached hydrogen (secondary N) is 2. The average molecular weight is 382 g/mol. The van der Waals surface area contributed by atoms with Crippen molar-refractivity contribution in [3.8, 4) is 0 Å². The molecule has 2 N–H and O–H groups in total. The molecular weight excluding hydrogens is 360 g/mol. The molecule has 6 nitrogen and oxygen atoms in total. The minimum atomic E-state index is -0.439. The van der Waals surface area contributed by atoms with E-state index in [0.29, 0.717) is 28.5 Å². The summed E-state index contributed by atoms with van der Waals surface area (Å²) < 4.78 is 0. The summed E-state index contributed by atoms with van der Waals surface area (Å²) in [6, 6.07) is 3.75. The van der Waals surface area contributed by atoms with Crippen molar-refractivity contribution in [1.29, 1.82) is 0 Å². The zero-order valence-corrected chi connectivity index (χ0v) is 16.4. The number of rotatable bonds is 3. The third kappa shape index (κ3) is 3.20. The SMILES string of the molecule is CCSc1nc2c(c(=O)[nH]1)[C@H](c1cccnc1)C1=C(CC(C)(C)CC1=O)N2. The molecule has 1 aliphatic heterocycles. The van der Waals surface area contributed by atoms with Crippen LogP contribution in [0.4, 0.5) is 5.82 Å². The molecule has 0 unspecified atom stereocenters. The molecule has 140 valence electrons. The number of aromatic nitrogens is 3. The van der Waals surface area contributed by atoms with Crippen LogP contribution in [0.3, 0.4) is 0 Å². The van der Waals surface area contributed by atoms with Crippen LogP contribution in [-0.4, -0.2) is 26.5 Å². The van der Waals surface area contributed by atoms with Crippen molar-refractivity contribution in [3.63, 3.8) is 0 Å². The van der Waals surface area contributed by atoms with Crippen LogP contribution in [0.25, 0.3) is 0 Å². The molecule has 0 aromatic carbocycles. The quantitative estimate of drug-likeness (QED) is 0.624. The summed E-state index contributed by atoms with van der Waals surface area (Å²) >= 11 is 1.49. The summed E-state index contributed by atoms with van der Waals surface area (Å²) in [5.41, 5.74) is 2.56. The molecule has 27 heavy (non-hydrogen) atoms. The van der Waals surface area contributed by atoms with Crippen molar-refractivity contribution in [2.24, 2.45) is 5.41 Å². The molecule has 0 radical (unpaired) electrons. The van der Waals surface area contributed by atoms with E-state index in [0.717, 1.165) is 23.4 Å². The number of ketones is 1. The predicted molar refractivity (Wildman–Crippen MR) is 106 cm³/mol. The molecule has 0 saturated carbocycles. The number of hydrogen-bond donors (Lipinski definition) is 2. The first-order chi connectivity index (χ1) is 12.9. The zero-order chi connectivity index (χ0) is 19.2. The summed E-state index contributed by atoms with van der Waals surface area (Å²) in [5, 5.41) is 3.91. The Hall–Kier alpha value is -2.41. The van der Waals surface area contributed by atoms with Gasteiger partial charge in [-0.15, -0.1) is 0 Å². The van der Waals surface area contributed by atoms with Gasteiger partial charge in [0.1, 0.15) is 5.82 Å². The maximum atomic E-state index is 13.1. The van der Waals surface area contributed by atoms with Crippen LogP contribution in [0.2, 0.25) is 0 Å². The van der Waals surface area contributed by atoms with Crippen LogP contribution in [0, 0.1) is 5.41 Å². The van der Waals surface area contributed by atoms with E-state index < -0.39 is 5.92 Å². The Labute approximate surface area is 161 Å². The Balaban J connectivity index is 1.95. The van der Waals surface area contributed by atoms with E-state index >= 15 is 0 Å². The monoisotopic (exact) mass is 382 g/mol. The van der Waals surface area contributed by atoms with Gasteiger partial charge in [0.2, 0.25) is 0 Å². The molecule has 0 bridgehead atoms. The fraction of sp³-hybridized carbons (Fsp3) is 0.400. The summed E-state index contributed by atoms with van der Waals surface area (Å²) in [7, 11) is 0. The van der Waals surface area contributed by atoms with Crippen LogP contribution in [-0.2, 0) is 4.79 Å². The number of Topliss-reactive ketones (excluding diaryl/α,β-unsaturated/α-hetero) is 1. The number of thioether (sulfide) groups is 1. The van der Waals surface area contributed by atoms with Gasteiger partial charge in [-0.1, -0.05) is 38.6 Å². The average Bonchev–Trinajstić information content (AvgIpc) is 2.60. The summed E-state index contributed by atoms with van der Waals surface area (Å²) in [5.74, 6) is 1.01. The zero-order valence-electron chi connectivity index (χ0n) is 15.6. The third-order valence-electron chi connectivity index (χ3n) is 5.00. The van der Waals surface area contributed by atoms with Crippen LogP contribution >= 0.6 is 11.8 Å². The second-order valence-electron chi connectivity index (χ2n) is 7.74. The van der Waals surface area contributed by atoms with E-state index in [1.165, 1.54) is 11.8 Å². The van der Waals surface area contributed by atoms with Crippen LogP contribution < -0.4 is 10.9 Å². The molecule has 1 aliphatic carbocycles. The smallest absolute Gasteiger partial charge is 0.257 e. The first kappa shape index (κ1) is 18.0. The van der Waals surface area contributed by atoms with Gasteiger partial charge in [-0.2, -0.15) is 0 Å². The van der Waals surface area contributed by atoms with Gasteiger partial charge < -0.3 is 10.3 Å². The minimum absolute atomic E-state index is 0.0830. The van der Waals surface area contributed by atoms with Crippen molar-refractivity contribution in [2.75, 3.05) is 11.1 Å². The molecule has 0 amide bonds. The van der Waals surface area contributed by atoms with Crippen molar-refractivity contribution in [1.82, 2.24) is 15.0 Å². The van der Waals surface area contributed by atoms with Crippen molar-refractivity contribution < 1.29 is 4.79 Å². The highest BCUT2D eigenvalue weighted by Gasteiger charge is 2.42. The fourth-order valence-corrected chi connectivity index (χ4v) is 4.57. The first-order valence-electron chi connectivity index (χ1n) is 9.10. The molecule has 2 aromatic heterocycles. The largest absolute Gasteiger partial charge is 0.343 e. The molecule has 4 rings (SSSR count). The molecular formula is C20H22N4O2S. The Bertz CT molecular complexity index is 995. The number of carbonyl (C=O) groups is 1. The topological polar surface area (TPSA) is 87.7 Å². The molecule has 7 heteroatoms. The van der Waals surface area contributed by atoms with E-state index in [1.54, 1.807) is 12.4 Å². The van der Waals surface area contributed by atoms with Gasteiger partial charge in [0.25, 0.3) is 5.56 Å². The third-order valence-corrected chi connectivity index (χ3v) is 5.75. The molecule has 1 atom stereocenters. The predicted octanol–water partition coefficient (Wildman–Crippen LogP) is 3.48. The second kappa shape index (κ2) is 6.64. The van der Waals surface area contributed by atoms with Crippen LogP contribution in [0.15, 0.2) is 45.7 Å². The highest BCUT2D eigenvalue weighted by molar-refractivity contribution is 7.99. The standard InChI is InChI=1S/C20H22N4O2S/c1-4-27-19-23-17-16(18(26)24-19)14(11-6-5-7-21-10-11)15-12(22-17)8-20(2,3)9-13(15)25/h5-7,10,14H,4,8-9H2,1-3H3,(H2,22,23,24,26)/t14-/m1/s1. The Kier molecular flexibility index (Phi) is 4.42. The normalized spacial score (nSPS) is 20.7. The molecule has 2 aliphatic rings. The molecule has 2 aromatic rings. The number of hydrogen-bond acceptors (Lipinski definition) is 6. The molecule has 0 saturated heterocycles. The van der Waals surface area contributed by atoms with E-state index in [4.69, 9.17) is 0 Å². The van der Waals surface area contributed by atoms with Crippen molar-refractivity contribution in [3.05, 3.63) is 57.3 Å². The minimum Gasteiger partial charge on any atom is -0.343 e. The van der Waals surface area contributed by atoms with Gasteiger partial charge in [-0.05, 0) is 29.2 Å². The van der Waals surface area contributed by atoms with Gasteiger partial charge in [-0.3, -0.25) is 14.6 Å². The lowest BCUT2D eigenvalue weighted by Crippen LogP contribution is -2.37. The molecule has 3 heterocycles. The van der Waals surface area contributed by atoms with Crippen LogP contribution in [0.1, 0.15) is 50.7 Å². The highest BCUT2D eigenvalue weighted by Crippen LogP contribution is 2.47. The molecule has 0 spiro atoms. The van der Waals surface area contributed by atoms with E-state index in [1.807, 2.05) is 19.1 Å². The summed E-state index contributed by atoms with van der Waals surface area (Å²) in [6.45, 7) is 6.20.